The van der Waals surface area contributed by atoms with Crippen LogP contribution < -0.4 is 10.7 Å². The van der Waals surface area contributed by atoms with Gasteiger partial charge >= 0.3 is 12.0 Å². The number of rotatable bonds is 5. The number of phenols is 1. The SMILES string of the molecule is CCOC(=O)c1c(NC(=O)N/N=C/c2ccc(O)c(Br)c2)sc2c1CCC(C)C2. The van der Waals surface area contributed by atoms with Crippen LogP contribution in [0.1, 0.15) is 46.6 Å². The molecule has 0 radical (unpaired) electrons. The van der Waals surface area contributed by atoms with Crippen LogP contribution in [0.3, 0.4) is 0 Å². The Balaban J connectivity index is 1.73. The molecule has 1 aliphatic carbocycles. The van der Waals surface area contributed by atoms with Crippen molar-refractivity contribution in [2.24, 2.45) is 11.0 Å². The quantitative estimate of drug-likeness (QED) is 0.329. The molecular formula is C20H22BrN3O4S. The van der Waals surface area contributed by atoms with Crippen LogP contribution in [0.25, 0.3) is 0 Å². The fraction of sp³-hybridized carbons (Fsp3) is 0.350. The lowest BCUT2D eigenvalue weighted by Gasteiger charge is -2.18. The van der Waals surface area contributed by atoms with Gasteiger partial charge in [-0.2, -0.15) is 5.10 Å². The number of halogens is 1. The number of phenolic OH excluding ortho intramolecular Hbond substituents is 1. The molecule has 1 heterocycles. The fourth-order valence-electron chi connectivity index (χ4n) is 3.16. The molecule has 1 aromatic carbocycles. The first-order chi connectivity index (χ1) is 13.9. The molecule has 2 amide bonds. The summed E-state index contributed by atoms with van der Waals surface area (Å²) in [6.45, 7) is 4.22. The maximum Gasteiger partial charge on any atom is 0.341 e. The number of ether oxygens (including phenoxy) is 1. The number of carbonyl (C=O) groups excluding carboxylic acids is 2. The second kappa shape index (κ2) is 9.41. The molecular weight excluding hydrogens is 458 g/mol. The molecule has 7 nitrogen and oxygen atoms in total. The molecule has 2 aromatic rings. The molecule has 0 fully saturated rings. The lowest BCUT2D eigenvalue weighted by atomic mass is 9.88. The third kappa shape index (κ3) is 5.16. The van der Waals surface area contributed by atoms with Gasteiger partial charge in [0.05, 0.1) is 22.9 Å². The van der Waals surface area contributed by atoms with Gasteiger partial charge in [-0.25, -0.2) is 15.0 Å². The zero-order valence-corrected chi connectivity index (χ0v) is 18.5. The molecule has 9 heteroatoms. The van der Waals surface area contributed by atoms with Gasteiger partial charge in [-0.1, -0.05) is 6.92 Å². The summed E-state index contributed by atoms with van der Waals surface area (Å²) in [5, 5.41) is 16.6. The second-order valence-electron chi connectivity index (χ2n) is 6.81. The van der Waals surface area contributed by atoms with Gasteiger partial charge in [-0.05, 0) is 77.4 Å². The predicted octanol–water partition coefficient (Wildman–Crippen LogP) is 4.67. The molecule has 29 heavy (non-hydrogen) atoms. The second-order valence-corrected chi connectivity index (χ2v) is 8.77. The molecule has 3 N–H and O–H groups in total. The highest BCUT2D eigenvalue weighted by Crippen LogP contribution is 2.40. The van der Waals surface area contributed by atoms with Crippen molar-refractivity contribution in [1.82, 2.24) is 5.43 Å². The highest BCUT2D eigenvalue weighted by molar-refractivity contribution is 9.10. The minimum Gasteiger partial charge on any atom is -0.507 e. The van der Waals surface area contributed by atoms with Crippen LogP contribution in [0.15, 0.2) is 27.8 Å². The van der Waals surface area contributed by atoms with Crippen LogP contribution in [0, 0.1) is 5.92 Å². The predicted molar refractivity (Wildman–Crippen MR) is 117 cm³/mol. The Labute approximate surface area is 181 Å². The summed E-state index contributed by atoms with van der Waals surface area (Å²) in [4.78, 5) is 25.9. The van der Waals surface area contributed by atoms with Gasteiger partial charge in [0.25, 0.3) is 0 Å². The number of carbonyl (C=O) groups is 2. The number of hydrogen-bond donors (Lipinski definition) is 3. The zero-order chi connectivity index (χ0) is 21.0. The lowest BCUT2D eigenvalue weighted by Crippen LogP contribution is -2.25. The number of thiophene rings is 1. The molecule has 154 valence electrons. The standard InChI is InChI=1S/C20H22BrN3O4S/c1-3-28-19(26)17-13-6-4-11(2)8-16(13)29-18(17)23-20(27)24-22-10-12-5-7-15(25)14(21)9-12/h5,7,9-11,25H,3-4,6,8H2,1-2H3,(H2,23,24,27)/b22-10+. The number of nitrogens with one attached hydrogen (secondary N) is 2. The third-order valence-corrected chi connectivity index (χ3v) is 6.37. The van der Waals surface area contributed by atoms with Crippen LogP contribution in [0.4, 0.5) is 9.80 Å². The number of esters is 1. The van der Waals surface area contributed by atoms with E-state index < -0.39 is 12.0 Å². The van der Waals surface area contributed by atoms with Crippen molar-refractivity contribution in [1.29, 1.82) is 0 Å². The van der Waals surface area contributed by atoms with E-state index in [1.54, 1.807) is 19.1 Å². The van der Waals surface area contributed by atoms with Crippen LogP contribution in [0.2, 0.25) is 0 Å². The van der Waals surface area contributed by atoms with E-state index in [9.17, 15) is 14.7 Å². The molecule has 0 aliphatic heterocycles. The highest BCUT2D eigenvalue weighted by Gasteiger charge is 2.29. The van der Waals surface area contributed by atoms with Crippen molar-refractivity contribution >= 4 is 50.5 Å². The maximum absolute atomic E-state index is 12.5. The van der Waals surface area contributed by atoms with Crippen LogP contribution >= 0.6 is 27.3 Å². The Morgan fingerprint density at radius 3 is 2.97 bits per heavy atom. The molecule has 1 aromatic heterocycles. The number of hydrogen-bond acceptors (Lipinski definition) is 6. The molecule has 0 bridgehead atoms. The van der Waals surface area contributed by atoms with Crippen molar-refractivity contribution in [2.75, 3.05) is 11.9 Å². The molecule has 0 spiro atoms. The average Bonchev–Trinajstić information content (AvgIpc) is 3.01. The Kier molecular flexibility index (Phi) is 6.92. The molecule has 1 atom stereocenters. The summed E-state index contributed by atoms with van der Waals surface area (Å²) in [6.07, 6.45) is 4.16. The van der Waals surface area contributed by atoms with Gasteiger partial charge in [0, 0.05) is 4.88 Å². The zero-order valence-electron chi connectivity index (χ0n) is 16.1. The van der Waals surface area contributed by atoms with Crippen LogP contribution in [-0.4, -0.2) is 29.9 Å². The van der Waals surface area contributed by atoms with E-state index in [0.29, 0.717) is 26.5 Å². The summed E-state index contributed by atoms with van der Waals surface area (Å²) in [5.74, 6) is 0.259. The minimum atomic E-state index is -0.545. The first-order valence-electron chi connectivity index (χ1n) is 9.29. The lowest BCUT2D eigenvalue weighted by molar-refractivity contribution is 0.0526. The largest absolute Gasteiger partial charge is 0.507 e. The average molecular weight is 480 g/mol. The maximum atomic E-state index is 12.5. The molecule has 0 saturated heterocycles. The first kappa shape index (κ1) is 21.3. The number of hydrazone groups is 1. The van der Waals surface area contributed by atoms with Gasteiger partial charge < -0.3 is 9.84 Å². The number of aromatic hydroxyl groups is 1. The van der Waals surface area contributed by atoms with E-state index in [0.717, 1.165) is 29.7 Å². The number of benzene rings is 1. The van der Waals surface area contributed by atoms with Crippen molar-refractivity contribution in [3.63, 3.8) is 0 Å². The van der Waals surface area contributed by atoms with E-state index in [4.69, 9.17) is 4.74 Å². The van der Waals surface area contributed by atoms with Gasteiger partial charge in [0.2, 0.25) is 0 Å². The molecule has 0 saturated carbocycles. The van der Waals surface area contributed by atoms with E-state index in [1.807, 2.05) is 0 Å². The van der Waals surface area contributed by atoms with Crippen LogP contribution in [0.5, 0.6) is 5.75 Å². The Morgan fingerprint density at radius 1 is 1.45 bits per heavy atom. The number of amides is 2. The molecule has 1 aliphatic rings. The molecule has 1 unspecified atom stereocenters. The smallest absolute Gasteiger partial charge is 0.341 e. The van der Waals surface area contributed by atoms with Crippen molar-refractivity contribution in [2.45, 2.75) is 33.1 Å². The summed E-state index contributed by atoms with van der Waals surface area (Å²) in [6, 6.07) is 4.31. The fourth-order valence-corrected chi connectivity index (χ4v) is 4.95. The summed E-state index contributed by atoms with van der Waals surface area (Å²) in [7, 11) is 0. The Hall–Kier alpha value is -2.39. The van der Waals surface area contributed by atoms with E-state index in [2.05, 4.69) is 38.7 Å². The van der Waals surface area contributed by atoms with Crippen molar-refractivity contribution in [3.05, 3.63) is 44.2 Å². The number of urea groups is 1. The minimum absolute atomic E-state index is 0.121. The number of anilines is 1. The number of fused-ring (bicyclic) bond motifs is 1. The van der Waals surface area contributed by atoms with E-state index in [-0.39, 0.29) is 12.4 Å². The van der Waals surface area contributed by atoms with Gasteiger partial charge in [0.15, 0.2) is 0 Å². The highest BCUT2D eigenvalue weighted by atomic mass is 79.9. The van der Waals surface area contributed by atoms with Gasteiger partial charge in [0.1, 0.15) is 10.8 Å². The number of nitrogens with zero attached hydrogens (tertiary/aromatic N) is 1. The van der Waals surface area contributed by atoms with Crippen LogP contribution in [-0.2, 0) is 17.6 Å². The van der Waals surface area contributed by atoms with E-state index >= 15 is 0 Å². The topological polar surface area (TPSA) is 100 Å². The van der Waals surface area contributed by atoms with Crippen molar-refractivity contribution < 1.29 is 19.4 Å². The summed E-state index contributed by atoms with van der Waals surface area (Å²) >= 11 is 4.65. The Bertz CT molecular complexity index is 957. The Morgan fingerprint density at radius 2 is 2.24 bits per heavy atom. The third-order valence-electron chi connectivity index (χ3n) is 4.57. The summed E-state index contributed by atoms with van der Waals surface area (Å²) < 4.78 is 5.73. The molecule has 3 rings (SSSR count). The normalized spacial score (nSPS) is 15.8. The van der Waals surface area contributed by atoms with E-state index in [1.165, 1.54) is 23.6 Å². The van der Waals surface area contributed by atoms with Crippen molar-refractivity contribution in [3.8, 4) is 5.75 Å². The monoisotopic (exact) mass is 479 g/mol. The summed E-state index contributed by atoms with van der Waals surface area (Å²) in [5.41, 5.74) is 4.54. The van der Waals surface area contributed by atoms with Gasteiger partial charge in [-0.15, -0.1) is 11.3 Å². The van der Waals surface area contributed by atoms with Gasteiger partial charge in [-0.3, -0.25) is 5.32 Å². The first-order valence-corrected chi connectivity index (χ1v) is 10.9.